The summed E-state index contributed by atoms with van der Waals surface area (Å²) in [6.45, 7) is 7.11. The number of carbonyl (C=O) groups is 2. The van der Waals surface area contributed by atoms with Gasteiger partial charge in [0.05, 0.1) is 27.6 Å². The van der Waals surface area contributed by atoms with Gasteiger partial charge in [-0.3, -0.25) is 9.59 Å². The molecule has 0 fully saturated rings. The van der Waals surface area contributed by atoms with Gasteiger partial charge in [-0.25, -0.2) is 0 Å². The molecule has 1 aromatic heterocycles. The van der Waals surface area contributed by atoms with E-state index in [0.717, 1.165) is 50.7 Å². The molecule has 0 amide bonds. The third kappa shape index (κ3) is 13.2. The third-order valence-corrected chi connectivity index (χ3v) is 6.39. The zero-order chi connectivity index (χ0) is 25.6. The molecule has 0 spiro atoms. The van der Waals surface area contributed by atoms with Crippen molar-refractivity contribution in [3.05, 3.63) is 22.6 Å². The Kier molecular flexibility index (Phi) is 14.2. The second-order valence-electron chi connectivity index (χ2n) is 10.8. The standard InChI is InChI=1S/C28H49NO5/c1-7-8-9-14-17-25-22(2)23(3)26(34-25)18-15-12-10-11-13-16-19-28(32)33-24(20-27(30)31)21-29(4,5)6/h24H,7-21H2,1-6H3/p+1. The normalized spacial score (nSPS) is 12.6. The molecule has 0 aliphatic heterocycles. The first kappa shape index (κ1) is 30.2. The van der Waals surface area contributed by atoms with Crippen molar-refractivity contribution in [3.8, 4) is 0 Å². The maximum atomic E-state index is 12.1. The number of likely N-dealkylation sites (N-methyl/N-ethyl adjacent to an activating group) is 1. The predicted octanol–water partition coefficient (Wildman–Crippen LogP) is 6.39. The highest BCUT2D eigenvalue weighted by Crippen LogP contribution is 2.25. The smallest absolute Gasteiger partial charge is 0.307 e. The third-order valence-electron chi connectivity index (χ3n) is 6.39. The molecule has 1 N–H and O–H groups in total. The van der Waals surface area contributed by atoms with Gasteiger partial charge < -0.3 is 18.7 Å². The van der Waals surface area contributed by atoms with Gasteiger partial charge >= 0.3 is 11.9 Å². The van der Waals surface area contributed by atoms with Crippen molar-refractivity contribution >= 4 is 11.9 Å². The van der Waals surface area contributed by atoms with Crippen LogP contribution < -0.4 is 0 Å². The number of aryl methyl sites for hydroxylation is 2. The van der Waals surface area contributed by atoms with Gasteiger partial charge in [-0.1, -0.05) is 51.9 Å². The fraction of sp³-hybridized carbons (Fsp3) is 0.786. The number of esters is 1. The number of hydrogen-bond acceptors (Lipinski definition) is 4. The second kappa shape index (κ2) is 16.0. The zero-order valence-corrected chi connectivity index (χ0v) is 22.7. The maximum Gasteiger partial charge on any atom is 0.307 e. The Balaban J connectivity index is 2.21. The molecule has 1 atom stereocenters. The van der Waals surface area contributed by atoms with Gasteiger partial charge in [-0.15, -0.1) is 0 Å². The number of nitrogens with zero attached hydrogens (tertiary/aromatic N) is 1. The first-order chi connectivity index (χ1) is 16.0. The summed E-state index contributed by atoms with van der Waals surface area (Å²) < 4.78 is 12.2. The Morgan fingerprint density at radius 3 is 1.85 bits per heavy atom. The lowest BCUT2D eigenvalue weighted by molar-refractivity contribution is -0.873. The van der Waals surface area contributed by atoms with E-state index in [9.17, 15) is 9.59 Å². The van der Waals surface area contributed by atoms with Crippen molar-refractivity contribution < 1.29 is 28.3 Å². The van der Waals surface area contributed by atoms with E-state index in [4.69, 9.17) is 14.3 Å². The summed E-state index contributed by atoms with van der Waals surface area (Å²) in [5.41, 5.74) is 2.67. The number of hydrogen-bond donors (Lipinski definition) is 1. The van der Waals surface area contributed by atoms with Crippen LogP contribution in [0.5, 0.6) is 0 Å². The van der Waals surface area contributed by atoms with Crippen LogP contribution in [0, 0.1) is 13.8 Å². The van der Waals surface area contributed by atoms with Crippen LogP contribution in [0.15, 0.2) is 4.42 Å². The van der Waals surface area contributed by atoms with Crippen LogP contribution in [0.1, 0.15) is 107 Å². The van der Waals surface area contributed by atoms with E-state index in [-0.39, 0.29) is 12.4 Å². The molecule has 1 rings (SSSR count). The summed E-state index contributed by atoms with van der Waals surface area (Å²) in [4.78, 5) is 23.2. The van der Waals surface area contributed by atoms with E-state index < -0.39 is 12.1 Å². The van der Waals surface area contributed by atoms with Crippen molar-refractivity contribution in [2.45, 2.75) is 117 Å². The van der Waals surface area contributed by atoms with Gasteiger partial charge in [0.1, 0.15) is 18.1 Å². The molecule has 34 heavy (non-hydrogen) atoms. The van der Waals surface area contributed by atoms with Gasteiger partial charge in [0, 0.05) is 19.3 Å². The summed E-state index contributed by atoms with van der Waals surface area (Å²) in [6, 6.07) is 0. The lowest BCUT2D eigenvalue weighted by Crippen LogP contribution is -2.43. The topological polar surface area (TPSA) is 76.7 Å². The van der Waals surface area contributed by atoms with Crippen LogP contribution >= 0.6 is 0 Å². The molecular weight excluding hydrogens is 430 g/mol. The zero-order valence-electron chi connectivity index (χ0n) is 22.7. The molecule has 0 aromatic carbocycles. The minimum absolute atomic E-state index is 0.143. The highest BCUT2D eigenvalue weighted by atomic mass is 16.5. The van der Waals surface area contributed by atoms with E-state index in [0.29, 0.717) is 17.4 Å². The molecular formula is C28H50NO5+. The molecule has 6 heteroatoms. The largest absolute Gasteiger partial charge is 0.481 e. The molecule has 1 aromatic rings. The molecule has 0 saturated carbocycles. The van der Waals surface area contributed by atoms with E-state index >= 15 is 0 Å². The van der Waals surface area contributed by atoms with Crippen molar-refractivity contribution in [2.24, 2.45) is 0 Å². The predicted molar refractivity (Wildman–Crippen MR) is 137 cm³/mol. The summed E-state index contributed by atoms with van der Waals surface area (Å²) in [5, 5.41) is 9.06. The molecule has 0 aliphatic rings. The summed E-state index contributed by atoms with van der Waals surface area (Å²) in [7, 11) is 5.89. The van der Waals surface area contributed by atoms with Gasteiger partial charge in [0.2, 0.25) is 0 Å². The van der Waals surface area contributed by atoms with Gasteiger partial charge in [0.15, 0.2) is 6.10 Å². The molecule has 0 saturated heterocycles. The Hall–Kier alpha value is -1.82. The Labute approximate surface area is 207 Å². The minimum atomic E-state index is -0.936. The lowest BCUT2D eigenvalue weighted by atomic mass is 10.0. The molecule has 0 aliphatic carbocycles. The lowest BCUT2D eigenvalue weighted by Gasteiger charge is -2.28. The Morgan fingerprint density at radius 1 is 0.853 bits per heavy atom. The highest BCUT2D eigenvalue weighted by Gasteiger charge is 2.24. The van der Waals surface area contributed by atoms with E-state index in [2.05, 4.69) is 20.8 Å². The fourth-order valence-electron chi connectivity index (χ4n) is 4.37. The van der Waals surface area contributed by atoms with Crippen LogP contribution in [0.25, 0.3) is 0 Å². The second-order valence-corrected chi connectivity index (χ2v) is 10.8. The minimum Gasteiger partial charge on any atom is -0.481 e. The van der Waals surface area contributed by atoms with E-state index in [1.807, 2.05) is 21.1 Å². The monoisotopic (exact) mass is 480 g/mol. The number of aliphatic carboxylic acids is 1. The highest BCUT2D eigenvalue weighted by molar-refractivity contribution is 5.71. The van der Waals surface area contributed by atoms with Gasteiger partial charge in [0.25, 0.3) is 0 Å². The van der Waals surface area contributed by atoms with Crippen LogP contribution in [0.2, 0.25) is 0 Å². The van der Waals surface area contributed by atoms with Crippen molar-refractivity contribution in [1.82, 2.24) is 0 Å². The summed E-state index contributed by atoms with van der Waals surface area (Å²) in [6.07, 6.45) is 13.1. The average Bonchev–Trinajstić information content (AvgIpc) is 2.99. The first-order valence-corrected chi connectivity index (χ1v) is 13.3. The van der Waals surface area contributed by atoms with Crippen LogP contribution in [0.4, 0.5) is 0 Å². The molecule has 6 nitrogen and oxygen atoms in total. The van der Waals surface area contributed by atoms with Gasteiger partial charge in [-0.2, -0.15) is 0 Å². The molecule has 196 valence electrons. The summed E-state index contributed by atoms with van der Waals surface area (Å²) in [5.74, 6) is 1.13. The molecule has 0 bridgehead atoms. The number of carboxylic acids is 1. The van der Waals surface area contributed by atoms with E-state index in [1.54, 1.807) is 0 Å². The summed E-state index contributed by atoms with van der Waals surface area (Å²) >= 11 is 0. The Bertz CT molecular complexity index is 732. The number of rotatable bonds is 19. The number of ether oxygens (including phenoxy) is 1. The fourth-order valence-corrected chi connectivity index (χ4v) is 4.37. The van der Waals surface area contributed by atoms with E-state index in [1.165, 1.54) is 49.0 Å². The number of quaternary nitrogens is 1. The van der Waals surface area contributed by atoms with Crippen LogP contribution in [-0.4, -0.2) is 55.3 Å². The van der Waals surface area contributed by atoms with Crippen molar-refractivity contribution in [2.75, 3.05) is 27.7 Å². The maximum absolute atomic E-state index is 12.1. The number of carbonyl (C=O) groups excluding carboxylic acids is 1. The van der Waals surface area contributed by atoms with Crippen LogP contribution in [-0.2, 0) is 27.2 Å². The molecule has 1 unspecified atom stereocenters. The van der Waals surface area contributed by atoms with Crippen molar-refractivity contribution in [1.29, 1.82) is 0 Å². The number of unbranched alkanes of at least 4 members (excludes halogenated alkanes) is 8. The first-order valence-electron chi connectivity index (χ1n) is 13.3. The number of carboxylic acid groups (broad SMARTS) is 1. The quantitative estimate of drug-likeness (QED) is 0.141. The number of furan rings is 1. The van der Waals surface area contributed by atoms with Gasteiger partial charge in [-0.05, 0) is 44.2 Å². The Morgan fingerprint density at radius 2 is 1.35 bits per heavy atom. The SMILES string of the molecule is CCCCCCc1oc(CCCCCCCCC(=O)OC(CC(=O)O)C[N+](C)(C)C)c(C)c1C. The average molecular weight is 481 g/mol. The van der Waals surface area contributed by atoms with Crippen LogP contribution in [0.3, 0.4) is 0 Å². The molecule has 1 heterocycles. The molecule has 0 radical (unpaired) electrons. The van der Waals surface area contributed by atoms with Crippen molar-refractivity contribution in [3.63, 3.8) is 0 Å².